The van der Waals surface area contributed by atoms with Crippen molar-refractivity contribution in [2.24, 2.45) is 4.99 Å². The minimum atomic E-state index is 0. The topological polar surface area (TPSA) is 76.8 Å². The van der Waals surface area contributed by atoms with Crippen LogP contribution in [0.4, 0.5) is 0 Å². The van der Waals surface area contributed by atoms with Crippen molar-refractivity contribution in [1.29, 1.82) is 0 Å². The van der Waals surface area contributed by atoms with Crippen LogP contribution in [0.1, 0.15) is 18.3 Å². The number of hydrogen-bond donors (Lipinski definition) is 1. The minimum Gasteiger partial charge on any atom is -0.497 e. The molecule has 1 heterocycles. The fourth-order valence-corrected chi connectivity index (χ4v) is 2.66. The Morgan fingerprint density at radius 1 is 1.25 bits per heavy atom. The number of aliphatic imine (C=N–C) groups is 1. The van der Waals surface area contributed by atoms with Crippen LogP contribution < -0.4 is 10.1 Å². The zero-order valence-electron chi connectivity index (χ0n) is 17.1. The summed E-state index contributed by atoms with van der Waals surface area (Å²) in [5.41, 5.74) is 1.19. The number of methoxy groups -OCH3 is 2. The highest BCUT2D eigenvalue weighted by atomic mass is 127. The first kappa shape index (κ1) is 24.2. The maximum absolute atomic E-state index is 5.22. The minimum absolute atomic E-state index is 0. The first-order valence-electron chi connectivity index (χ1n) is 9.16. The van der Waals surface area contributed by atoms with Gasteiger partial charge in [-0.1, -0.05) is 19.1 Å². The van der Waals surface area contributed by atoms with Gasteiger partial charge in [0.1, 0.15) is 17.9 Å². The molecule has 0 aliphatic rings. The van der Waals surface area contributed by atoms with Crippen LogP contribution in [0.2, 0.25) is 0 Å². The van der Waals surface area contributed by atoms with E-state index in [1.807, 2.05) is 19.2 Å². The third kappa shape index (κ3) is 7.63. The van der Waals surface area contributed by atoms with Crippen molar-refractivity contribution in [2.75, 3.05) is 41.0 Å². The number of guanidine groups is 1. The molecule has 0 amide bonds. The molecular formula is C19H31IN6O2. The predicted molar refractivity (Wildman–Crippen MR) is 121 cm³/mol. The Kier molecular flexibility index (Phi) is 11.5. The molecule has 9 heteroatoms. The zero-order chi connectivity index (χ0) is 19.5. The third-order valence-corrected chi connectivity index (χ3v) is 4.15. The highest BCUT2D eigenvalue weighted by molar-refractivity contribution is 14.0. The Morgan fingerprint density at radius 3 is 2.64 bits per heavy atom. The highest BCUT2D eigenvalue weighted by Crippen LogP contribution is 2.12. The quantitative estimate of drug-likeness (QED) is 0.232. The van der Waals surface area contributed by atoms with Crippen LogP contribution in [0, 0.1) is 0 Å². The highest BCUT2D eigenvalue weighted by Gasteiger charge is 2.08. The second-order valence-corrected chi connectivity index (χ2v) is 6.12. The third-order valence-electron chi connectivity index (χ3n) is 4.15. The summed E-state index contributed by atoms with van der Waals surface area (Å²) in [6.45, 7) is 5.55. The molecule has 1 aromatic carbocycles. The molecule has 0 aliphatic heterocycles. The van der Waals surface area contributed by atoms with Crippen LogP contribution in [-0.4, -0.2) is 66.6 Å². The molecule has 0 bridgehead atoms. The van der Waals surface area contributed by atoms with Gasteiger partial charge in [0.15, 0.2) is 5.96 Å². The van der Waals surface area contributed by atoms with Crippen molar-refractivity contribution < 1.29 is 9.47 Å². The summed E-state index contributed by atoms with van der Waals surface area (Å²) in [7, 11) is 5.38. The normalized spacial score (nSPS) is 11.1. The number of ether oxygens (including phenoxy) is 2. The standard InChI is InChI=1S/C19H30N6O2.HI/c1-5-18-23-22-15-25(18)12-10-20-19(21-11-13-26-3)24(2)14-16-6-8-17(27-4)9-7-16;/h6-9,15H,5,10-14H2,1-4H3,(H,20,21);1H. The van der Waals surface area contributed by atoms with Crippen LogP contribution in [-0.2, 0) is 24.2 Å². The molecule has 0 aliphatic carbocycles. The zero-order valence-corrected chi connectivity index (χ0v) is 19.4. The van der Waals surface area contributed by atoms with Crippen molar-refractivity contribution in [1.82, 2.24) is 25.0 Å². The molecule has 0 radical (unpaired) electrons. The number of benzene rings is 1. The van der Waals surface area contributed by atoms with Crippen LogP contribution in [0.25, 0.3) is 0 Å². The van der Waals surface area contributed by atoms with Gasteiger partial charge in [0.25, 0.3) is 0 Å². The van der Waals surface area contributed by atoms with Crippen molar-refractivity contribution >= 4 is 29.9 Å². The van der Waals surface area contributed by atoms with E-state index in [4.69, 9.17) is 9.47 Å². The van der Waals surface area contributed by atoms with E-state index < -0.39 is 0 Å². The molecule has 0 fully saturated rings. The van der Waals surface area contributed by atoms with E-state index in [-0.39, 0.29) is 24.0 Å². The van der Waals surface area contributed by atoms with Crippen LogP contribution in [0.5, 0.6) is 5.75 Å². The first-order valence-corrected chi connectivity index (χ1v) is 9.16. The van der Waals surface area contributed by atoms with E-state index in [9.17, 15) is 0 Å². The number of nitrogens with zero attached hydrogens (tertiary/aromatic N) is 5. The Bertz CT molecular complexity index is 705. The van der Waals surface area contributed by atoms with E-state index in [2.05, 4.69) is 49.0 Å². The van der Waals surface area contributed by atoms with Gasteiger partial charge in [-0.25, -0.2) is 0 Å². The summed E-state index contributed by atoms with van der Waals surface area (Å²) in [6, 6.07) is 8.06. The molecule has 0 unspecified atom stereocenters. The Hall–Kier alpha value is -1.88. The summed E-state index contributed by atoms with van der Waals surface area (Å²) in [5, 5.41) is 11.5. The smallest absolute Gasteiger partial charge is 0.194 e. The van der Waals surface area contributed by atoms with Crippen molar-refractivity contribution in [2.45, 2.75) is 26.4 Å². The van der Waals surface area contributed by atoms with E-state index in [1.165, 1.54) is 5.56 Å². The maximum Gasteiger partial charge on any atom is 0.194 e. The largest absolute Gasteiger partial charge is 0.497 e. The van der Waals surface area contributed by atoms with Gasteiger partial charge in [-0.15, -0.1) is 34.2 Å². The second kappa shape index (κ2) is 13.3. The van der Waals surface area contributed by atoms with Gasteiger partial charge in [-0.3, -0.25) is 4.99 Å². The van der Waals surface area contributed by atoms with Crippen molar-refractivity contribution in [3.05, 3.63) is 42.0 Å². The van der Waals surface area contributed by atoms with Gasteiger partial charge >= 0.3 is 0 Å². The molecule has 2 aromatic rings. The Balaban J connectivity index is 0.00000392. The number of hydrogen-bond acceptors (Lipinski definition) is 5. The summed E-state index contributed by atoms with van der Waals surface area (Å²) in [6.07, 6.45) is 2.63. The van der Waals surface area contributed by atoms with Gasteiger partial charge in [-0.2, -0.15) is 0 Å². The molecule has 1 aromatic heterocycles. The van der Waals surface area contributed by atoms with Crippen molar-refractivity contribution in [3.63, 3.8) is 0 Å². The molecule has 156 valence electrons. The average molecular weight is 502 g/mol. The summed E-state index contributed by atoms with van der Waals surface area (Å²) in [4.78, 5) is 6.75. The van der Waals surface area contributed by atoms with E-state index in [1.54, 1.807) is 20.5 Å². The molecule has 0 atom stereocenters. The molecule has 8 nitrogen and oxygen atoms in total. The number of aryl methyl sites for hydroxylation is 1. The lowest BCUT2D eigenvalue weighted by molar-refractivity contribution is 0.207. The fraction of sp³-hybridized carbons (Fsp3) is 0.526. The van der Waals surface area contributed by atoms with Crippen LogP contribution >= 0.6 is 24.0 Å². The summed E-state index contributed by atoms with van der Waals surface area (Å²) < 4.78 is 12.4. The molecular weight excluding hydrogens is 471 g/mol. The van der Waals surface area contributed by atoms with E-state index in [0.717, 1.165) is 43.6 Å². The molecule has 0 saturated heterocycles. The lowest BCUT2D eigenvalue weighted by Crippen LogP contribution is -2.40. The number of halogens is 1. The number of aromatic nitrogens is 3. The molecule has 1 N–H and O–H groups in total. The lowest BCUT2D eigenvalue weighted by atomic mass is 10.2. The molecule has 0 saturated carbocycles. The van der Waals surface area contributed by atoms with Gasteiger partial charge in [0.2, 0.25) is 0 Å². The fourth-order valence-electron chi connectivity index (χ4n) is 2.66. The molecule has 2 rings (SSSR count). The SMILES string of the molecule is CCc1nncn1CCNC(=NCCOC)N(C)Cc1ccc(OC)cc1.I. The van der Waals surface area contributed by atoms with Gasteiger partial charge < -0.3 is 24.3 Å². The first-order chi connectivity index (χ1) is 13.2. The maximum atomic E-state index is 5.22. The molecule has 28 heavy (non-hydrogen) atoms. The average Bonchev–Trinajstić information content (AvgIpc) is 3.15. The van der Waals surface area contributed by atoms with Gasteiger partial charge in [0.05, 0.1) is 20.3 Å². The van der Waals surface area contributed by atoms with E-state index >= 15 is 0 Å². The Labute approximate surface area is 184 Å². The van der Waals surface area contributed by atoms with Crippen molar-refractivity contribution in [3.8, 4) is 5.75 Å². The number of nitrogens with one attached hydrogen (secondary N) is 1. The monoisotopic (exact) mass is 502 g/mol. The Morgan fingerprint density at radius 2 is 2.00 bits per heavy atom. The van der Waals surface area contributed by atoms with E-state index in [0.29, 0.717) is 13.2 Å². The molecule has 0 spiro atoms. The predicted octanol–water partition coefficient (Wildman–Crippen LogP) is 2.19. The lowest BCUT2D eigenvalue weighted by Gasteiger charge is -2.23. The number of rotatable bonds is 10. The van der Waals surface area contributed by atoms with Gasteiger partial charge in [0, 0.05) is 40.2 Å². The van der Waals surface area contributed by atoms with Gasteiger partial charge in [-0.05, 0) is 17.7 Å². The summed E-state index contributed by atoms with van der Waals surface area (Å²) in [5.74, 6) is 2.68. The summed E-state index contributed by atoms with van der Waals surface area (Å²) >= 11 is 0. The second-order valence-electron chi connectivity index (χ2n) is 6.12. The van der Waals surface area contributed by atoms with Crippen LogP contribution in [0.3, 0.4) is 0 Å². The van der Waals surface area contributed by atoms with Crippen LogP contribution in [0.15, 0.2) is 35.6 Å².